The molecule has 36 heavy (non-hydrogen) atoms. The molecule has 2 aliphatic rings. The Kier molecular flexibility index (Phi) is 7.79. The molecular formula is C25H34F3N5O3. The summed E-state index contributed by atoms with van der Waals surface area (Å²) in [5, 5.41) is 9.76. The molecule has 0 aliphatic carbocycles. The number of anilines is 3. The minimum Gasteiger partial charge on any atom is -0.486 e. The first-order valence-corrected chi connectivity index (χ1v) is 12.2. The van der Waals surface area contributed by atoms with Gasteiger partial charge in [0.15, 0.2) is 23.1 Å². The lowest BCUT2D eigenvalue weighted by atomic mass is 9.79. The number of halogens is 3. The van der Waals surface area contributed by atoms with Crippen molar-refractivity contribution in [3.63, 3.8) is 0 Å². The molecule has 3 N–H and O–H groups in total. The molecule has 1 aromatic heterocycles. The highest BCUT2D eigenvalue weighted by Crippen LogP contribution is 2.35. The monoisotopic (exact) mass is 509 g/mol. The van der Waals surface area contributed by atoms with Gasteiger partial charge in [-0.25, -0.2) is 9.37 Å². The molecule has 0 unspecified atom stereocenters. The molecule has 2 aliphatic heterocycles. The van der Waals surface area contributed by atoms with E-state index in [9.17, 15) is 13.2 Å². The van der Waals surface area contributed by atoms with E-state index in [0.29, 0.717) is 31.7 Å². The van der Waals surface area contributed by atoms with E-state index in [1.165, 1.54) is 6.07 Å². The van der Waals surface area contributed by atoms with Crippen LogP contribution in [-0.2, 0) is 4.74 Å². The zero-order valence-corrected chi connectivity index (χ0v) is 21.0. The van der Waals surface area contributed by atoms with E-state index >= 15 is 0 Å². The van der Waals surface area contributed by atoms with Gasteiger partial charge >= 0.3 is 6.61 Å². The highest BCUT2D eigenvalue weighted by molar-refractivity contribution is 5.60. The van der Waals surface area contributed by atoms with Crippen LogP contribution in [0.3, 0.4) is 0 Å². The van der Waals surface area contributed by atoms with Crippen molar-refractivity contribution in [1.82, 2.24) is 15.3 Å². The first-order chi connectivity index (χ1) is 17.0. The Morgan fingerprint density at radius 2 is 1.78 bits per heavy atom. The standard InChI is InChI=1S/C25H34F3N5O3/c1-24(2)12-16(13-25(3,4)33-24)30-21-18(26)14-29-23(32-21)31-15-5-6-19(20(11-15)36-22(27)28)35-17-7-9-34-10-8-17/h5-6,11,14,16-17,22,33H,7-10,12-13H2,1-4H3,(H2,29,30,31,32). The van der Waals surface area contributed by atoms with Gasteiger partial charge in [0, 0.05) is 41.7 Å². The molecule has 2 saturated heterocycles. The first-order valence-electron chi connectivity index (χ1n) is 12.2. The minimum absolute atomic E-state index is 0.00108. The summed E-state index contributed by atoms with van der Waals surface area (Å²) in [6, 6.07) is 4.58. The Morgan fingerprint density at radius 1 is 1.08 bits per heavy atom. The molecule has 0 bridgehead atoms. The fraction of sp³-hybridized carbons (Fsp3) is 0.600. The number of alkyl halides is 2. The molecule has 2 fully saturated rings. The SMILES string of the molecule is CC1(C)CC(Nc2nc(Nc3ccc(OC4CCOCC4)c(OC(F)F)c3)ncc2F)CC(C)(C)N1. The van der Waals surface area contributed by atoms with Gasteiger partial charge in [0.25, 0.3) is 0 Å². The zero-order chi connectivity index (χ0) is 25.9. The lowest BCUT2D eigenvalue weighted by molar-refractivity contribution is -0.0532. The summed E-state index contributed by atoms with van der Waals surface area (Å²) in [5.41, 5.74) is 0.144. The third kappa shape index (κ3) is 7.13. The second-order valence-electron chi connectivity index (χ2n) is 10.6. The van der Waals surface area contributed by atoms with Crippen LogP contribution in [0.1, 0.15) is 53.4 Å². The van der Waals surface area contributed by atoms with Crippen LogP contribution in [0.15, 0.2) is 24.4 Å². The topological polar surface area (TPSA) is 89.6 Å². The van der Waals surface area contributed by atoms with Crippen LogP contribution < -0.4 is 25.4 Å². The number of hydrogen-bond donors (Lipinski definition) is 3. The van der Waals surface area contributed by atoms with Crippen molar-refractivity contribution < 1.29 is 27.4 Å². The molecule has 0 spiro atoms. The van der Waals surface area contributed by atoms with E-state index in [0.717, 1.165) is 19.0 Å². The first kappa shape index (κ1) is 26.3. The zero-order valence-electron chi connectivity index (χ0n) is 21.0. The maximum Gasteiger partial charge on any atom is 0.387 e. The molecule has 4 rings (SSSR count). The number of nitrogens with zero attached hydrogens (tertiary/aromatic N) is 2. The van der Waals surface area contributed by atoms with Crippen LogP contribution in [0, 0.1) is 5.82 Å². The van der Waals surface area contributed by atoms with Gasteiger partial charge in [-0.3, -0.25) is 0 Å². The van der Waals surface area contributed by atoms with Crippen molar-refractivity contribution in [3.05, 3.63) is 30.2 Å². The lowest BCUT2D eigenvalue weighted by Crippen LogP contribution is -2.60. The van der Waals surface area contributed by atoms with Gasteiger partial charge in [-0.15, -0.1) is 0 Å². The van der Waals surface area contributed by atoms with Crippen molar-refractivity contribution in [3.8, 4) is 11.5 Å². The van der Waals surface area contributed by atoms with Gasteiger partial charge in [0.1, 0.15) is 6.10 Å². The number of piperidine rings is 1. The summed E-state index contributed by atoms with van der Waals surface area (Å²) < 4.78 is 56.6. The Bertz CT molecular complexity index is 1030. The highest BCUT2D eigenvalue weighted by Gasteiger charge is 2.38. The van der Waals surface area contributed by atoms with Crippen LogP contribution in [0.5, 0.6) is 11.5 Å². The smallest absolute Gasteiger partial charge is 0.387 e. The van der Waals surface area contributed by atoms with Crippen LogP contribution >= 0.6 is 0 Å². The molecule has 0 saturated carbocycles. The number of rotatable bonds is 8. The molecule has 0 radical (unpaired) electrons. The van der Waals surface area contributed by atoms with Crippen LogP contribution in [-0.4, -0.2) is 53.0 Å². The Balaban J connectivity index is 1.50. The molecule has 2 aromatic rings. The second-order valence-corrected chi connectivity index (χ2v) is 10.6. The van der Waals surface area contributed by atoms with Crippen LogP contribution in [0.4, 0.5) is 30.6 Å². The van der Waals surface area contributed by atoms with E-state index < -0.39 is 12.4 Å². The minimum atomic E-state index is -3.02. The number of nitrogens with one attached hydrogen (secondary N) is 3. The van der Waals surface area contributed by atoms with Crippen molar-refractivity contribution in [1.29, 1.82) is 0 Å². The van der Waals surface area contributed by atoms with Crippen molar-refractivity contribution in [2.24, 2.45) is 0 Å². The number of ether oxygens (including phenoxy) is 3. The summed E-state index contributed by atoms with van der Waals surface area (Å²) in [6.45, 7) is 6.54. The van der Waals surface area contributed by atoms with Gasteiger partial charge in [-0.1, -0.05) is 0 Å². The largest absolute Gasteiger partial charge is 0.486 e. The highest BCUT2D eigenvalue weighted by atomic mass is 19.3. The van der Waals surface area contributed by atoms with Crippen molar-refractivity contribution in [2.75, 3.05) is 23.8 Å². The Hall–Kier alpha value is -2.79. The molecule has 8 nitrogen and oxygen atoms in total. The van der Waals surface area contributed by atoms with E-state index in [2.05, 4.69) is 53.6 Å². The van der Waals surface area contributed by atoms with Crippen LogP contribution in [0.25, 0.3) is 0 Å². The van der Waals surface area contributed by atoms with E-state index in [4.69, 9.17) is 14.2 Å². The average molecular weight is 510 g/mol. The fourth-order valence-corrected chi connectivity index (χ4v) is 5.12. The van der Waals surface area contributed by atoms with E-state index in [1.54, 1.807) is 12.1 Å². The number of benzene rings is 1. The average Bonchev–Trinajstić information content (AvgIpc) is 2.76. The summed E-state index contributed by atoms with van der Waals surface area (Å²) in [4.78, 5) is 8.31. The van der Waals surface area contributed by atoms with Crippen LogP contribution in [0.2, 0.25) is 0 Å². The normalized spacial score (nSPS) is 20.2. The lowest BCUT2D eigenvalue weighted by Gasteiger charge is -2.46. The molecule has 3 heterocycles. The Morgan fingerprint density at radius 3 is 2.44 bits per heavy atom. The summed E-state index contributed by atoms with van der Waals surface area (Å²) in [5.74, 6) is -0.272. The van der Waals surface area contributed by atoms with Gasteiger partial charge in [-0.2, -0.15) is 13.8 Å². The third-order valence-electron chi connectivity index (χ3n) is 6.15. The quantitative estimate of drug-likeness (QED) is 0.445. The maximum atomic E-state index is 14.6. The second kappa shape index (κ2) is 10.7. The predicted octanol–water partition coefficient (Wildman–Crippen LogP) is 5.24. The predicted molar refractivity (Wildman–Crippen MR) is 131 cm³/mol. The van der Waals surface area contributed by atoms with Gasteiger partial charge in [0.05, 0.1) is 19.4 Å². The molecule has 198 valence electrons. The maximum absolute atomic E-state index is 14.6. The van der Waals surface area contributed by atoms with Gasteiger partial charge in [0.2, 0.25) is 5.95 Å². The third-order valence-corrected chi connectivity index (χ3v) is 6.15. The summed E-state index contributed by atoms with van der Waals surface area (Å²) in [6.07, 6.45) is 3.83. The fourth-order valence-electron chi connectivity index (χ4n) is 5.12. The van der Waals surface area contributed by atoms with E-state index in [1.807, 2.05) is 0 Å². The molecule has 0 atom stereocenters. The van der Waals surface area contributed by atoms with E-state index in [-0.39, 0.29) is 46.5 Å². The van der Waals surface area contributed by atoms with Crippen molar-refractivity contribution in [2.45, 2.75) is 83.2 Å². The molecule has 1 aromatic carbocycles. The van der Waals surface area contributed by atoms with Crippen molar-refractivity contribution >= 4 is 17.5 Å². The van der Waals surface area contributed by atoms with Gasteiger partial charge < -0.3 is 30.2 Å². The summed E-state index contributed by atoms with van der Waals surface area (Å²) >= 11 is 0. The molecule has 0 amide bonds. The Labute approximate surface area is 209 Å². The summed E-state index contributed by atoms with van der Waals surface area (Å²) in [7, 11) is 0. The number of hydrogen-bond acceptors (Lipinski definition) is 8. The molecular weight excluding hydrogens is 475 g/mol. The van der Waals surface area contributed by atoms with Gasteiger partial charge in [-0.05, 0) is 52.7 Å². The molecule has 11 heteroatoms. The number of aromatic nitrogens is 2.